The highest BCUT2D eigenvalue weighted by Crippen LogP contribution is 2.22. The standard InChI is InChI=1S/C16H26FN3O/c1-12(16(21)15-5-4-14(17)8-18-15)9-20(3)11-13-6-7-19(2)10-13/h4-5,8,12-13,16,21H,6-7,9-11H2,1-3H3. The smallest absolute Gasteiger partial charge is 0.141 e. The Morgan fingerprint density at radius 2 is 2.29 bits per heavy atom. The van der Waals surface area contributed by atoms with Crippen LogP contribution in [0, 0.1) is 17.7 Å². The van der Waals surface area contributed by atoms with Gasteiger partial charge in [-0.3, -0.25) is 4.98 Å². The lowest BCUT2D eigenvalue weighted by Crippen LogP contribution is -2.32. The first-order valence-corrected chi connectivity index (χ1v) is 7.62. The van der Waals surface area contributed by atoms with E-state index in [-0.39, 0.29) is 11.7 Å². The van der Waals surface area contributed by atoms with Crippen molar-refractivity contribution in [3.63, 3.8) is 0 Å². The van der Waals surface area contributed by atoms with Crippen molar-refractivity contribution >= 4 is 0 Å². The molecule has 2 heterocycles. The Labute approximate surface area is 126 Å². The third-order valence-electron chi connectivity index (χ3n) is 4.25. The van der Waals surface area contributed by atoms with Crippen molar-refractivity contribution in [3.8, 4) is 0 Å². The molecular formula is C16H26FN3O. The van der Waals surface area contributed by atoms with Gasteiger partial charge in [-0.25, -0.2) is 4.39 Å². The fraction of sp³-hybridized carbons (Fsp3) is 0.688. The van der Waals surface area contributed by atoms with Gasteiger partial charge in [-0.05, 0) is 45.1 Å². The summed E-state index contributed by atoms with van der Waals surface area (Å²) in [7, 11) is 4.26. The van der Waals surface area contributed by atoms with Crippen LogP contribution in [0.15, 0.2) is 18.3 Å². The van der Waals surface area contributed by atoms with Crippen LogP contribution in [-0.4, -0.2) is 60.2 Å². The predicted molar refractivity (Wildman–Crippen MR) is 81.4 cm³/mol. The second kappa shape index (κ2) is 7.29. The molecule has 3 atom stereocenters. The molecule has 0 spiro atoms. The highest BCUT2D eigenvalue weighted by Gasteiger charge is 2.23. The monoisotopic (exact) mass is 295 g/mol. The third kappa shape index (κ3) is 4.73. The molecule has 1 fully saturated rings. The van der Waals surface area contributed by atoms with Crippen molar-refractivity contribution < 1.29 is 9.50 Å². The molecule has 0 aliphatic carbocycles. The van der Waals surface area contributed by atoms with Crippen molar-refractivity contribution in [2.75, 3.05) is 40.3 Å². The maximum atomic E-state index is 12.9. The number of aromatic nitrogens is 1. The topological polar surface area (TPSA) is 39.6 Å². The molecule has 0 saturated carbocycles. The Bertz CT molecular complexity index is 440. The minimum Gasteiger partial charge on any atom is -0.386 e. The van der Waals surface area contributed by atoms with Gasteiger partial charge < -0.3 is 14.9 Å². The van der Waals surface area contributed by atoms with Crippen molar-refractivity contribution in [3.05, 3.63) is 29.8 Å². The first-order valence-electron chi connectivity index (χ1n) is 7.62. The van der Waals surface area contributed by atoms with Crippen LogP contribution in [0.4, 0.5) is 4.39 Å². The number of halogens is 1. The van der Waals surface area contributed by atoms with Gasteiger partial charge in [0.15, 0.2) is 0 Å². The first-order chi connectivity index (χ1) is 9.95. The van der Waals surface area contributed by atoms with E-state index in [2.05, 4.69) is 28.9 Å². The van der Waals surface area contributed by atoms with Crippen LogP contribution < -0.4 is 0 Å². The highest BCUT2D eigenvalue weighted by atomic mass is 19.1. The van der Waals surface area contributed by atoms with Crippen molar-refractivity contribution in [2.45, 2.75) is 19.4 Å². The lowest BCUT2D eigenvalue weighted by Gasteiger charge is -2.26. The van der Waals surface area contributed by atoms with Crippen LogP contribution in [-0.2, 0) is 0 Å². The highest BCUT2D eigenvalue weighted by molar-refractivity contribution is 5.08. The lowest BCUT2D eigenvalue weighted by molar-refractivity contribution is 0.0877. The molecule has 1 aromatic rings. The molecular weight excluding hydrogens is 269 g/mol. The lowest BCUT2D eigenvalue weighted by atomic mass is 10.00. The van der Waals surface area contributed by atoms with Gasteiger partial charge in [0.1, 0.15) is 5.82 Å². The van der Waals surface area contributed by atoms with Crippen LogP contribution in [0.5, 0.6) is 0 Å². The van der Waals surface area contributed by atoms with Gasteiger partial charge in [0.2, 0.25) is 0 Å². The Morgan fingerprint density at radius 3 is 2.86 bits per heavy atom. The van der Waals surface area contributed by atoms with E-state index in [1.54, 1.807) is 6.07 Å². The van der Waals surface area contributed by atoms with Gasteiger partial charge in [-0.2, -0.15) is 0 Å². The molecule has 3 unspecified atom stereocenters. The Balaban J connectivity index is 1.82. The SMILES string of the molecule is CC(CN(C)CC1CCN(C)C1)C(O)c1ccc(F)cn1. The van der Waals surface area contributed by atoms with E-state index in [9.17, 15) is 9.50 Å². The molecule has 0 amide bonds. The van der Waals surface area contributed by atoms with E-state index in [0.29, 0.717) is 11.6 Å². The van der Waals surface area contributed by atoms with Gasteiger partial charge in [0, 0.05) is 25.6 Å². The summed E-state index contributed by atoms with van der Waals surface area (Å²) in [5.41, 5.74) is 0.540. The Hall–Kier alpha value is -1.04. The maximum absolute atomic E-state index is 12.9. The summed E-state index contributed by atoms with van der Waals surface area (Å²) in [6.07, 6.45) is 1.75. The van der Waals surface area contributed by atoms with E-state index in [1.807, 2.05) is 6.92 Å². The molecule has 2 rings (SSSR count). The molecule has 4 nitrogen and oxygen atoms in total. The van der Waals surface area contributed by atoms with E-state index in [0.717, 1.165) is 25.8 Å². The molecule has 1 N–H and O–H groups in total. The van der Waals surface area contributed by atoms with E-state index >= 15 is 0 Å². The first kappa shape index (κ1) is 16.3. The number of aliphatic hydroxyl groups excluding tert-OH is 1. The number of aliphatic hydroxyl groups is 1. The largest absolute Gasteiger partial charge is 0.386 e. The summed E-state index contributed by atoms with van der Waals surface area (Å²) in [4.78, 5) is 8.61. The molecule has 5 heteroatoms. The average molecular weight is 295 g/mol. The van der Waals surface area contributed by atoms with Crippen molar-refractivity contribution in [1.82, 2.24) is 14.8 Å². The van der Waals surface area contributed by atoms with Gasteiger partial charge in [-0.15, -0.1) is 0 Å². The summed E-state index contributed by atoms with van der Waals surface area (Å²) in [6, 6.07) is 2.90. The third-order valence-corrected chi connectivity index (χ3v) is 4.25. The number of hydrogen-bond donors (Lipinski definition) is 1. The maximum Gasteiger partial charge on any atom is 0.141 e. The molecule has 118 valence electrons. The minimum absolute atomic E-state index is 0.0621. The van der Waals surface area contributed by atoms with Gasteiger partial charge in [0.25, 0.3) is 0 Å². The zero-order valence-electron chi connectivity index (χ0n) is 13.2. The predicted octanol–water partition coefficient (Wildman–Crippen LogP) is 1.77. The van der Waals surface area contributed by atoms with Gasteiger partial charge in [-0.1, -0.05) is 6.92 Å². The molecule has 0 bridgehead atoms. The van der Waals surface area contributed by atoms with Gasteiger partial charge >= 0.3 is 0 Å². The van der Waals surface area contributed by atoms with E-state index in [4.69, 9.17) is 0 Å². The molecule has 1 aliphatic rings. The van der Waals surface area contributed by atoms with Crippen LogP contribution >= 0.6 is 0 Å². The van der Waals surface area contributed by atoms with Crippen LogP contribution in [0.2, 0.25) is 0 Å². The summed E-state index contributed by atoms with van der Waals surface area (Å²) in [5, 5.41) is 10.3. The molecule has 0 aromatic carbocycles. The number of rotatable bonds is 6. The number of likely N-dealkylation sites (tertiary alicyclic amines) is 1. The van der Waals surface area contributed by atoms with Crippen molar-refractivity contribution in [1.29, 1.82) is 0 Å². The van der Waals surface area contributed by atoms with Crippen LogP contribution in [0.3, 0.4) is 0 Å². The molecule has 1 saturated heterocycles. The molecule has 0 radical (unpaired) electrons. The zero-order valence-corrected chi connectivity index (χ0v) is 13.2. The van der Waals surface area contributed by atoms with Gasteiger partial charge in [0.05, 0.1) is 18.0 Å². The molecule has 21 heavy (non-hydrogen) atoms. The molecule has 1 aliphatic heterocycles. The Morgan fingerprint density at radius 1 is 1.52 bits per heavy atom. The summed E-state index contributed by atoms with van der Waals surface area (Å²) in [5.74, 6) is 0.404. The number of hydrogen-bond acceptors (Lipinski definition) is 4. The summed E-state index contributed by atoms with van der Waals surface area (Å²) >= 11 is 0. The number of pyridine rings is 1. The van der Waals surface area contributed by atoms with Crippen molar-refractivity contribution in [2.24, 2.45) is 11.8 Å². The van der Waals surface area contributed by atoms with E-state index in [1.165, 1.54) is 19.0 Å². The fourth-order valence-corrected chi connectivity index (χ4v) is 3.14. The molecule has 1 aromatic heterocycles. The average Bonchev–Trinajstić information content (AvgIpc) is 2.83. The second-order valence-electron chi connectivity index (χ2n) is 6.46. The quantitative estimate of drug-likeness (QED) is 0.868. The Kier molecular flexibility index (Phi) is 5.67. The second-order valence-corrected chi connectivity index (χ2v) is 6.46. The fourth-order valence-electron chi connectivity index (χ4n) is 3.14. The van der Waals surface area contributed by atoms with Crippen LogP contribution in [0.1, 0.15) is 25.1 Å². The minimum atomic E-state index is -0.653. The normalized spacial score (nSPS) is 22.7. The number of nitrogens with zero attached hydrogens (tertiary/aromatic N) is 3. The zero-order chi connectivity index (χ0) is 15.4. The van der Waals surface area contributed by atoms with Crippen LogP contribution in [0.25, 0.3) is 0 Å². The summed E-state index contributed by atoms with van der Waals surface area (Å²) in [6.45, 7) is 6.20. The van der Waals surface area contributed by atoms with E-state index < -0.39 is 6.10 Å². The summed E-state index contributed by atoms with van der Waals surface area (Å²) < 4.78 is 12.9.